The first kappa shape index (κ1) is 15.7. The molecule has 106 valence electrons. The van der Waals surface area contributed by atoms with Gasteiger partial charge in [-0.3, -0.25) is 0 Å². The van der Waals surface area contributed by atoms with Gasteiger partial charge in [0.2, 0.25) is 10.0 Å². The van der Waals surface area contributed by atoms with Gasteiger partial charge in [-0.25, -0.2) is 8.42 Å². The molecule has 1 aromatic carbocycles. The highest BCUT2D eigenvalue weighted by molar-refractivity contribution is 7.89. The van der Waals surface area contributed by atoms with Gasteiger partial charge in [-0.1, -0.05) is 12.1 Å². The zero-order valence-electron chi connectivity index (χ0n) is 11.3. The number of nitrogens with two attached hydrogens (primary N) is 1. The van der Waals surface area contributed by atoms with E-state index in [0.717, 1.165) is 5.56 Å². The topological polar surface area (TPSA) is 72.6 Å². The van der Waals surface area contributed by atoms with Gasteiger partial charge in [0.25, 0.3) is 0 Å². The van der Waals surface area contributed by atoms with E-state index in [2.05, 4.69) is 6.58 Å². The van der Waals surface area contributed by atoms with E-state index in [-0.39, 0.29) is 23.7 Å². The number of hydrogen-bond acceptors (Lipinski definition) is 4. The number of rotatable bonds is 7. The lowest BCUT2D eigenvalue weighted by molar-refractivity contribution is 0.182. The maximum atomic E-state index is 12.5. The second-order valence-corrected chi connectivity index (χ2v) is 6.09. The second kappa shape index (κ2) is 6.70. The molecule has 0 aliphatic carbocycles. The zero-order chi connectivity index (χ0) is 14.5. The van der Waals surface area contributed by atoms with Crippen LogP contribution in [0.4, 0.5) is 5.69 Å². The van der Waals surface area contributed by atoms with Crippen molar-refractivity contribution in [1.29, 1.82) is 0 Å². The highest BCUT2D eigenvalue weighted by atomic mass is 32.2. The second-order valence-electron chi connectivity index (χ2n) is 4.19. The molecule has 0 fully saturated rings. The summed E-state index contributed by atoms with van der Waals surface area (Å²) in [4.78, 5) is 0.121. The molecule has 19 heavy (non-hydrogen) atoms. The average molecular weight is 284 g/mol. The first-order valence-electron chi connectivity index (χ1n) is 5.89. The molecule has 0 atom stereocenters. The van der Waals surface area contributed by atoms with E-state index in [1.807, 2.05) is 6.92 Å². The van der Waals surface area contributed by atoms with E-state index in [4.69, 9.17) is 10.5 Å². The van der Waals surface area contributed by atoms with Crippen LogP contribution in [0.15, 0.2) is 35.7 Å². The monoisotopic (exact) mass is 284 g/mol. The highest BCUT2D eigenvalue weighted by Crippen LogP contribution is 2.23. The van der Waals surface area contributed by atoms with Crippen molar-refractivity contribution < 1.29 is 13.2 Å². The van der Waals surface area contributed by atoms with Crippen LogP contribution < -0.4 is 5.73 Å². The first-order chi connectivity index (χ1) is 8.93. The van der Waals surface area contributed by atoms with E-state index in [1.54, 1.807) is 12.1 Å². The van der Waals surface area contributed by atoms with Gasteiger partial charge in [0.15, 0.2) is 0 Å². The largest absolute Gasteiger partial charge is 0.398 e. The van der Waals surface area contributed by atoms with Gasteiger partial charge in [-0.2, -0.15) is 4.31 Å². The fraction of sp³-hybridized carbons (Fsp3) is 0.385. The van der Waals surface area contributed by atoms with Crippen LogP contribution in [0.25, 0.3) is 0 Å². The van der Waals surface area contributed by atoms with Gasteiger partial charge in [0.05, 0.1) is 12.3 Å². The minimum Gasteiger partial charge on any atom is -0.398 e. The summed E-state index contributed by atoms with van der Waals surface area (Å²) in [5.74, 6) is 0. The summed E-state index contributed by atoms with van der Waals surface area (Å²) >= 11 is 0. The Hall–Kier alpha value is -1.37. The molecule has 0 spiro atoms. The predicted octanol–water partition coefficient (Wildman–Crippen LogP) is 1.40. The lowest BCUT2D eigenvalue weighted by Crippen LogP contribution is -2.34. The van der Waals surface area contributed by atoms with Crippen molar-refractivity contribution in [1.82, 2.24) is 4.31 Å². The average Bonchev–Trinajstić information content (AvgIpc) is 2.33. The van der Waals surface area contributed by atoms with Crippen LogP contribution in [0, 0.1) is 6.92 Å². The Balaban J connectivity index is 3.14. The molecule has 0 aliphatic heterocycles. The number of methoxy groups -OCH3 is 1. The van der Waals surface area contributed by atoms with Crippen LogP contribution in [-0.2, 0) is 14.8 Å². The molecular formula is C13H20N2O3S. The highest BCUT2D eigenvalue weighted by Gasteiger charge is 2.25. The van der Waals surface area contributed by atoms with Crippen molar-refractivity contribution in [3.63, 3.8) is 0 Å². The van der Waals surface area contributed by atoms with E-state index in [9.17, 15) is 8.42 Å². The lowest BCUT2D eigenvalue weighted by atomic mass is 10.2. The molecule has 0 bridgehead atoms. The van der Waals surface area contributed by atoms with Crippen LogP contribution in [0.5, 0.6) is 0 Å². The van der Waals surface area contributed by atoms with Crippen molar-refractivity contribution >= 4 is 15.7 Å². The van der Waals surface area contributed by atoms with Gasteiger partial charge >= 0.3 is 0 Å². The molecule has 0 unspecified atom stereocenters. The normalized spacial score (nSPS) is 11.7. The number of nitrogens with zero attached hydrogens (tertiary/aromatic N) is 1. The SMILES string of the molecule is C=CCN(CCOC)S(=O)(=O)c1ccc(C)cc1N. The summed E-state index contributed by atoms with van der Waals surface area (Å²) < 4.78 is 31.2. The van der Waals surface area contributed by atoms with E-state index in [1.165, 1.54) is 23.6 Å². The number of sulfonamides is 1. The maximum absolute atomic E-state index is 12.5. The molecule has 0 aliphatic rings. The summed E-state index contributed by atoms with van der Waals surface area (Å²) in [6.45, 7) is 6.24. The van der Waals surface area contributed by atoms with Crippen molar-refractivity contribution in [2.24, 2.45) is 0 Å². The Labute approximate surface area is 114 Å². The third-order valence-electron chi connectivity index (χ3n) is 2.66. The summed E-state index contributed by atoms with van der Waals surface area (Å²) in [6, 6.07) is 4.91. The lowest BCUT2D eigenvalue weighted by Gasteiger charge is -2.21. The third kappa shape index (κ3) is 3.79. The Morgan fingerprint density at radius 2 is 2.16 bits per heavy atom. The maximum Gasteiger partial charge on any atom is 0.245 e. The predicted molar refractivity (Wildman–Crippen MR) is 76.4 cm³/mol. The van der Waals surface area contributed by atoms with Crippen molar-refractivity contribution in [3.8, 4) is 0 Å². The molecule has 0 saturated heterocycles. The van der Waals surface area contributed by atoms with Crippen molar-refractivity contribution in [2.45, 2.75) is 11.8 Å². The zero-order valence-corrected chi connectivity index (χ0v) is 12.1. The fourth-order valence-corrected chi connectivity index (χ4v) is 3.18. The molecule has 0 amide bonds. The summed E-state index contributed by atoms with van der Waals surface area (Å²) in [7, 11) is -2.10. The molecule has 0 heterocycles. The number of anilines is 1. The number of hydrogen-bond donors (Lipinski definition) is 1. The van der Waals surface area contributed by atoms with Gasteiger partial charge in [-0.05, 0) is 24.6 Å². The summed E-state index contributed by atoms with van der Waals surface area (Å²) in [5, 5.41) is 0. The van der Waals surface area contributed by atoms with Crippen LogP contribution >= 0.6 is 0 Å². The molecule has 0 aromatic heterocycles. The molecular weight excluding hydrogens is 264 g/mol. The molecule has 5 nitrogen and oxygen atoms in total. The van der Waals surface area contributed by atoms with Gasteiger partial charge < -0.3 is 10.5 Å². The smallest absolute Gasteiger partial charge is 0.245 e. The van der Waals surface area contributed by atoms with E-state index < -0.39 is 10.0 Å². The molecule has 0 saturated carbocycles. The van der Waals surface area contributed by atoms with Crippen LogP contribution in [-0.4, -0.2) is 39.5 Å². The standard InChI is InChI=1S/C13H20N2O3S/c1-4-7-15(8-9-18-3)19(16,17)13-6-5-11(2)10-12(13)14/h4-6,10H,1,7-9,14H2,2-3H3. The number of nitrogen functional groups attached to an aromatic ring is 1. The minimum absolute atomic E-state index is 0.121. The minimum atomic E-state index is -3.63. The Morgan fingerprint density at radius 1 is 1.47 bits per heavy atom. The molecule has 2 N–H and O–H groups in total. The van der Waals surface area contributed by atoms with Crippen LogP contribution in [0.1, 0.15) is 5.56 Å². The van der Waals surface area contributed by atoms with Crippen LogP contribution in [0.3, 0.4) is 0 Å². The fourth-order valence-electron chi connectivity index (χ4n) is 1.69. The van der Waals surface area contributed by atoms with Crippen LogP contribution in [0.2, 0.25) is 0 Å². The Kier molecular flexibility index (Phi) is 5.53. The Bertz CT molecular complexity index is 541. The summed E-state index contributed by atoms with van der Waals surface area (Å²) in [5.41, 5.74) is 6.98. The molecule has 6 heteroatoms. The van der Waals surface area contributed by atoms with Gasteiger partial charge in [0.1, 0.15) is 4.90 Å². The summed E-state index contributed by atoms with van der Waals surface area (Å²) in [6.07, 6.45) is 1.54. The molecule has 0 radical (unpaired) electrons. The van der Waals surface area contributed by atoms with Crippen molar-refractivity contribution in [2.75, 3.05) is 32.5 Å². The molecule has 1 aromatic rings. The van der Waals surface area contributed by atoms with Gasteiger partial charge in [0, 0.05) is 20.2 Å². The van der Waals surface area contributed by atoms with Crippen molar-refractivity contribution in [3.05, 3.63) is 36.4 Å². The number of ether oxygens (including phenoxy) is 1. The van der Waals surface area contributed by atoms with E-state index >= 15 is 0 Å². The Morgan fingerprint density at radius 3 is 2.68 bits per heavy atom. The number of aryl methyl sites for hydroxylation is 1. The van der Waals surface area contributed by atoms with Gasteiger partial charge in [-0.15, -0.1) is 6.58 Å². The molecule has 1 rings (SSSR count). The quantitative estimate of drug-likeness (QED) is 0.607. The van der Waals surface area contributed by atoms with E-state index in [0.29, 0.717) is 6.61 Å². The first-order valence-corrected chi connectivity index (χ1v) is 7.33. The third-order valence-corrected chi connectivity index (χ3v) is 4.60. The number of benzene rings is 1.